The van der Waals surface area contributed by atoms with Gasteiger partial charge in [0.05, 0.1) is 11.5 Å². The Kier molecular flexibility index (Phi) is 3.27. The lowest BCUT2D eigenvalue weighted by atomic mass is 9.96. The van der Waals surface area contributed by atoms with Crippen LogP contribution in [-0.4, -0.2) is 37.4 Å². The molecule has 104 valence electrons. The summed E-state index contributed by atoms with van der Waals surface area (Å²) in [4.78, 5) is 2.43. The Morgan fingerprint density at radius 2 is 1.95 bits per heavy atom. The maximum atomic E-state index is 11.5. The van der Waals surface area contributed by atoms with E-state index in [1.165, 1.54) is 11.1 Å². The van der Waals surface area contributed by atoms with Crippen LogP contribution in [0.1, 0.15) is 24.0 Å². The van der Waals surface area contributed by atoms with Crippen molar-refractivity contribution in [3.63, 3.8) is 0 Å². The maximum absolute atomic E-state index is 11.5. The molecule has 19 heavy (non-hydrogen) atoms. The largest absolute Gasteiger partial charge is 0.398 e. The highest BCUT2D eigenvalue weighted by Gasteiger charge is 2.30. The van der Waals surface area contributed by atoms with Gasteiger partial charge in [-0.15, -0.1) is 0 Å². The van der Waals surface area contributed by atoms with E-state index in [0.29, 0.717) is 17.5 Å². The zero-order chi connectivity index (χ0) is 13.5. The highest BCUT2D eigenvalue weighted by Crippen LogP contribution is 2.28. The Bertz CT molecular complexity index is 569. The van der Waals surface area contributed by atoms with E-state index in [1.54, 1.807) is 0 Å². The van der Waals surface area contributed by atoms with Crippen LogP contribution in [0.25, 0.3) is 0 Å². The van der Waals surface area contributed by atoms with Gasteiger partial charge in [0, 0.05) is 24.8 Å². The van der Waals surface area contributed by atoms with Crippen LogP contribution < -0.4 is 5.73 Å². The molecular formula is C14H20N2O2S. The molecule has 4 nitrogen and oxygen atoms in total. The van der Waals surface area contributed by atoms with Gasteiger partial charge in [0.15, 0.2) is 0 Å². The number of nitrogens with two attached hydrogens (primary N) is 1. The first-order valence-electron chi connectivity index (χ1n) is 6.86. The lowest BCUT2D eigenvalue weighted by molar-refractivity contribution is 0.167. The molecule has 1 aromatic rings. The topological polar surface area (TPSA) is 63.4 Å². The molecule has 0 aliphatic carbocycles. The molecule has 0 atom stereocenters. The smallest absolute Gasteiger partial charge is 0.150 e. The third-order valence-corrected chi connectivity index (χ3v) is 6.09. The zero-order valence-corrected chi connectivity index (χ0v) is 11.8. The predicted octanol–water partition coefficient (Wildman–Crippen LogP) is 1.20. The molecule has 2 N–H and O–H groups in total. The van der Waals surface area contributed by atoms with Gasteiger partial charge in [-0.25, -0.2) is 8.42 Å². The average Bonchev–Trinajstić information content (AvgIpc) is 2.38. The first-order chi connectivity index (χ1) is 9.05. The second kappa shape index (κ2) is 4.80. The average molecular weight is 280 g/mol. The van der Waals surface area contributed by atoms with Crippen molar-refractivity contribution < 1.29 is 8.42 Å². The van der Waals surface area contributed by atoms with Crippen LogP contribution in [0.5, 0.6) is 0 Å². The number of rotatable bonds is 1. The van der Waals surface area contributed by atoms with E-state index in [9.17, 15) is 8.42 Å². The Hall–Kier alpha value is -1.07. The van der Waals surface area contributed by atoms with Gasteiger partial charge in [-0.3, -0.25) is 4.90 Å². The number of nitrogen functional groups attached to an aromatic ring is 1. The molecule has 1 saturated heterocycles. The fourth-order valence-corrected chi connectivity index (χ4v) is 4.68. The first kappa shape index (κ1) is 12.9. The van der Waals surface area contributed by atoms with Crippen molar-refractivity contribution in [3.8, 4) is 0 Å². The molecule has 2 heterocycles. The molecule has 0 radical (unpaired) electrons. The van der Waals surface area contributed by atoms with Gasteiger partial charge in [0.1, 0.15) is 9.84 Å². The van der Waals surface area contributed by atoms with Crippen molar-refractivity contribution in [2.75, 3.05) is 23.8 Å². The monoisotopic (exact) mass is 280 g/mol. The van der Waals surface area contributed by atoms with Crippen LogP contribution in [-0.2, 0) is 22.8 Å². The Morgan fingerprint density at radius 3 is 2.68 bits per heavy atom. The van der Waals surface area contributed by atoms with E-state index in [0.717, 1.165) is 38.0 Å². The SMILES string of the molecule is Nc1cccc2c1CCN(C1CCS(=O)(=O)CC1)C2. The number of hydrogen-bond acceptors (Lipinski definition) is 4. The summed E-state index contributed by atoms with van der Waals surface area (Å²) in [6.07, 6.45) is 2.53. The van der Waals surface area contributed by atoms with Gasteiger partial charge in [-0.05, 0) is 36.5 Å². The van der Waals surface area contributed by atoms with E-state index >= 15 is 0 Å². The molecular weight excluding hydrogens is 260 g/mol. The predicted molar refractivity (Wildman–Crippen MR) is 76.6 cm³/mol. The number of benzene rings is 1. The Balaban J connectivity index is 1.73. The Morgan fingerprint density at radius 1 is 1.21 bits per heavy atom. The van der Waals surface area contributed by atoms with Gasteiger partial charge < -0.3 is 5.73 Å². The first-order valence-corrected chi connectivity index (χ1v) is 8.68. The highest BCUT2D eigenvalue weighted by molar-refractivity contribution is 7.91. The second-order valence-corrected chi connectivity index (χ2v) is 7.89. The lowest BCUT2D eigenvalue weighted by Gasteiger charge is -2.37. The number of nitrogens with zero attached hydrogens (tertiary/aromatic N) is 1. The van der Waals surface area contributed by atoms with E-state index < -0.39 is 9.84 Å². The standard InChI is InChI=1S/C14H20N2O2S/c15-14-3-1-2-11-10-16(7-4-13(11)14)12-5-8-19(17,18)9-6-12/h1-3,12H,4-10,15H2. The van der Waals surface area contributed by atoms with Crippen LogP contribution in [0, 0.1) is 0 Å². The van der Waals surface area contributed by atoms with E-state index in [1.807, 2.05) is 12.1 Å². The summed E-state index contributed by atoms with van der Waals surface area (Å²) in [6.45, 7) is 1.90. The summed E-state index contributed by atoms with van der Waals surface area (Å²) in [6, 6.07) is 6.51. The van der Waals surface area contributed by atoms with Crippen molar-refractivity contribution in [2.24, 2.45) is 0 Å². The van der Waals surface area contributed by atoms with Crippen LogP contribution in [0.4, 0.5) is 5.69 Å². The van der Waals surface area contributed by atoms with Crippen molar-refractivity contribution in [2.45, 2.75) is 31.8 Å². The molecule has 3 rings (SSSR count). The molecule has 0 unspecified atom stereocenters. The molecule has 5 heteroatoms. The lowest BCUT2D eigenvalue weighted by Crippen LogP contribution is -2.43. The minimum atomic E-state index is -2.77. The van der Waals surface area contributed by atoms with Crippen LogP contribution >= 0.6 is 0 Å². The highest BCUT2D eigenvalue weighted by atomic mass is 32.2. The molecule has 0 bridgehead atoms. The molecule has 0 saturated carbocycles. The van der Waals surface area contributed by atoms with Crippen molar-refractivity contribution in [3.05, 3.63) is 29.3 Å². The summed E-state index contributed by atoms with van der Waals surface area (Å²) in [5.74, 6) is 0.690. The molecule has 2 aliphatic heterocycles. The van der Waals surface area contributed by atoms with Crippen LogP contribution in [0.2, 0.25) is 0 Å². The number of sulfone groups is 1. The molecule has 0 spiro atoms. The molecule has 1 aromatic carbocycles. The van der Waals surface area contributed by atoms with Crippen molar-refractivity contribution in [1.82, 2.24) is 4.90 Å². The summed E-state index contributed by atoms with van der Waals surface area (Å²) in [5, 5.41) is 0. The summed E-state index contributed by atoms with van der Waals surface area (Å²) >= 11 is 0. The van der Waals surface area contributed by atoms with E-state index in [4.69, 9.17) is 5.73 Å². The van der Waals surface area contributed by atoms with Crippen LogP contribution in [0.15, 0.2) is 18.2 Å². The van der Waals surface area contributed by atoms with Gasteiger partial charge in [0.25, 0.3) is 0 Å². The number of hydrogen-bond donors (Lipinski definition) is 1. The minimum absolute atomic E-state index is 0.345. The summed E-state index contributed by atoms with van der Waals surface area (Å²) in [7, 11) is -2.77. The third kappa shape index (κ3) is 2.62. The van der Waals surface area contributed by atoms with Crippen LogP contribution in [0.3, 0.4) is 0 Å². The fourth-order valence-electron chi connectivity index (χ4n) is 3.22. The number of anilines is 1. The summed E-state index contributed by atoms with van der Waals surface area (Å²) < 4.78 is 23.0. The molecule has 0 amide bonds. The van der Waals surface area contributed by atoms with E-state index in [2.05, 4.69) is 11.0 Å². The van der Waals surface area contributed by atoms with Crippen molar-refractivity contribution in [1.29, 1.82) is 0 Å². The zero-order valence-electron chi connectivity index (χ0n) is 11.0. The normalized spacial score (nSPS) is 24.0. The Labute approximate surface area is 114 Å². The third-order valence-electron chi connectivity index (χ3n) is 4.37. The maximum Gasteiger partial charge on any atom is 0.150 e. The summed E-state index contributed by atoms with van der Waals surface area (Å²) in [5.41, 5.74) is 9.48. The van der Waals surface area contributed by atoms with Gasteiger partial charge in [-0.1, -0.05) is 12.1 Å². The minimum Gasteiger partial charge on any atom is -0.398 e. The van der Waals surface area contributed by atoms with Gasteiger partial charge in [-0.2, -0.15) is 0 Å². The number of fused-ring (bicyclic) bond motifs is 1. The van der Waals surface area contributed by atoms with Gasteiger partial charge in [0.2, 0.25) is 0 Å². The molecule has 1 fully saturated rings. The quantitative estimate of drug-likeness (QED) is 0.785. The van der Waals surface area contributed by atoms with Crippen molar-refractivity contribution >= 4 is 15.5 Å². The molecule has 0 aromatic heterocycles. The second-order valence-electron chi connectivity index (χ2n) is 5.59. The fraction of sp³-hybridized carbons (Fsp3) is 0.571. The molecule has 2 aliphatic rings. The van der Waals surface area contributed by atoms with E-state index in [-0.39, 0.29) is 0 Å². The van der Waals surface area contributed by atoms with Gasteiger partial charge >= 0.3 is 0 Å².